The SMILES string of the molecule is CO[C@@H]1CN(c2ccc(C#CC3C=CCN(C)C3)c(Cc3ccccc3)n2)C[C@H]1O. The normalized spacial score (nSPS) is 24.0. The summed E-state index contributed by atoms with van der Waals surface area (Å²) in [6, 6.07) is 14.4. The van der Waals surface area contributed by atoms with E-state index >= 15 is 0 Å². The number of anilines is 1. The van der Waals surface area contributed by atoms with Gasteiger partial charge in [0.15, 0.2) is 0 Å². The fourth-order valence-electron chi connectivity index (χ4n) is 4.02. The maximum Gasteiger partial charge on any atom is 0.129 e. The molecule has 3 atom stereocenters. The Morgan fingerprint density at radius 2 is 1.97 bits per heavy atom. The van der Waals surface area contributed by atoms with Gasteiger partial charge in [-0.05, 0) is 24.7 Å². The van der Waals surface area contributed by atoms with Crippen LogP contribution in [0.25, 0.3) is 0 Å². The van der Waals surface area contributed by atoms with Crippen molar-refractivity contribution in [1.29, 1.82) is 0 Å². The van der Waals surface area contributed by atoms with Crippen molar-refractivity contribution in [2.24, 2.45) is 5.92 Å². The first kappa shape index (κ1) is 20.6. The number of pyridine rings is 1. The third kappa shape index (κ3) is 4.91. The molecule has 2 aliphatic heterocycles. The number of β-amino-alcohol motifs (C(OH)–C–C–N with tert-alkyl or cyclic N) is 1. The minimum atomic E-state index is -0.496. The van der Waals surface area contributed by atoms with E-state index in [0.717, 1.165) is 36.6 Å². The van der Waals surface area contributed by atoms with Crippen LogP contribution in [0.5, 0.6) is 0 Å². The zero-order valence-electron chi connectivity index (χ0n) is 17.7. The second kappa shape index (κ2) is 9.44. The number of likely N-dealkylation sites (N-methyl/N-ethyl adjacent to an activating group) is 1. The molecule has 1 aromatic carbocycles. The lowest BCUT2D eigenvalue weighted by Gasteiger charge is -2.21. The summed E-state index contributed by atoms with van der Waals surface area (Å²) in [7, 11) is 3.76. The lowest BCUT2D eigenvalue weighted by Crippen LogP contribution is -2.27. The first-order valence-corrected chi connectivity index (χ1v) is 10.5. The van der Waals surface area contributed by atoms with Gasteiger partial charge in [0.1, 0.15) is 11.9 Å². The number of nitrogens with zero attached hydrogens (tertiary/aromatic N) is 3. The highest BCUT2D eigenvalue weighted by molar-refractivity contribution is 5.49. The Labute approximate surface area is 179 Å². The van der Waals surface area contributed by atoms with Crippen molar-refractivity contribution >= 4 is 5.82 Å². The summed E-state index contributed by atoms with van der Waals surface area (Å²) in [5.74, 6) is 7.91. The standard InChI is InChI=1S/C25H29N3O2/c1-27-14-6-9-20(16-27)10-11-21-12-13-25(28-17-23(29)24(18-28)30-2)26-22(21)15-19-7-4-3-5-8-19/h3-9,12-13,20,23-24,29H,14-18H2,1-2H3/t20?,23-,24-/m1/s1. The van der Waals surface area contributed by atoms with Crippen molar-refractivity contribution in [3.63, 3.8) is 0 Å². The summed E-state index contributed by atoms with van der Waals surface area (Å²) in [6.07, 6.45) is 4.42. The van der Waals surface area contributed by atoms with E-state index in [4.69, 9.17) is 9.72 Å². The molecule has 0 aliphatic carbocycles. The number of rotatable bonds is 4. The molecule has 0 bridgehead atoms. The van der Waals surface area contributed by atoms with Gasteiger partial charge in [-0.25, -0.2) is 4.98 Å². The fraction of sp³-hybridized carbons (Fsp3) is 0.400. The largest absolute Gasteiger partial charge is 0.388 e. The number of hydrogen-bond acceptors (Lipinski definition) is 5. The zero-order chi connectivity index (χ0) is 20.9. The van der Waals surface area contributed by atoms with Gasteiger partial charge in [0.2, 0.25) is 0 Å². The second-order valence-corrected chi connectivity index (χ2v) is 8.10. The summed E-state index contributed by atoms with van der Waals surface area (Å²) in [6.45, 7) is 3.10. The molecule has 0 amide bonds. The van der Waals surface area contributed by atoms with Gasteiger partial charge in [-0.15, -0.1) is 0 Å². The predicted octanol–water partition coefficient (Wildman–Crippen LogP) is 2.34. The molecular weight excluding hydrogens is 374 g/mol. The lowest BCUT2D eigenvalue weighted by molar-refractivity contribution is 0.0217. The first-order valence-electron chi connectivity index (χ1n) is 10.5. The zero-order valence-corrected chi connectivity index (χ0v) is 17.7. The van der Waals surface area contributed by atoms with Crippen LogP contribution in [0.1, 0.15) is 16.8 Å². The summed E-state index contributed by atoms with van der Waals surface area (Å²) >= 11 is 0. The van der Waals surface area contributed by atoms with Crippen molar-refractivity contribution in [3.05, 3.63) is 71.4 Å². The summed E-state index contributed by atoms with van der Waals surface area (Å²) in [5, 5.41) is 10.2. The van der Waals surface area contributed by atoms with Crippen molar-refractivity contribution in [3.8, 4) is 11.8 Å². The molecule has 1 fully saturated rings. The van der Waals surface area contributed by atoms with Gasteiger partial charge in [0.05, 0.1) is 17.7 Å². The summed E-state index contributed by atoms with van der Waals surface area (Å²) in [4.78, 5) is 9.32. The molecular formula is C25H29N3O2. The third-order valence-electron chi connectivity index (χ3n) is 5.72. The Morgan fingerprint density at radius 1 is 1.13 bits per heavy atom. The van der Waals surface area contributed by atoms with Gasteiger partial charge >= 0.3 is 0 Å². The van der Waals surface area contributed by atoms with Crippen LogP contribution in [0.15, 0.2) is 54.6 Å². The quantitative estimate of drug-likeness (QED) is 0.627. The van der Waals surface area contributed by atoms with E-state index in [1.54, 1.807) is 7.11 Å². The van der Waals surface area contributed by atoms with E-state index in [1.165, 1.54) is 5.56 Å². The number of aliphatic hydroxyl groups excluding tert-OH is 1. The Hall–Kier alpha value is -2.65. The molecule has 1 unspecified atom stereocenters. The van der Waals surface area contributed by atoms with Gasteiger partial charge in [-0.3, -0.25) is 0 Å². The second-order valence-electron chi connectivity index (χ2n) is 8.10. The van der Waals surface area contributed by atoms with Crippen LogP contribution in [-0.4, -0.2) is 67.5 Å². The minimum Gasteiger partial charge on any atom is -0.388 e. The van der Waals surface area contributed by atoms with E-state index in [-0.39, 0.29) is 12.0 Å². The Morgan fingerprint density at radius 3 is 2.70 bits per heavy atom. The Balaban J connectivity index is 1.62. The van der Waals surface area contributed by atoms with Crippen LogP contribution >= 0.6 is 0 Å². The molecule has 0 radical (unpaired) electrons. The van der Waals surface area contributed by atoms with Crippen LogP contribution in [0.2, 0.25) is 0 Å². The monoisotopic (exact) mass is 403 g/mol. The van der Waals surface area contributed by atoms with E-state index in [2.05, 4.69) is 59.0 Å². The summed E-state index contributed by atoms with van der Waals surface area (Å²) in [5.41, 5.74) is 3.14. The van der Waals surface area contributed by atoms with Crippen molar-refractivity contribution in [2.75, 3.05) is 45.2 Å². The average Bonchev–Trinajstić information content (AvgIpc) is 3.14. The van der Waals surface area contributed by atoms with Crippen LogP contribution in [-0.2, 0) is 11.2 Å². The Kier molecular flexibility index (Phi) is 6.49. The molecule has 0 saturated carbocycles. The maximum atomic E-state index is 10.2. The topological polar surface area (TPSA) is 48.8 Å². The van der Waals surface area contributed by atoms with Crippen molar-refractivity contribution in [2.45, 2.75) is 18.6 Å². The van der Waals surface area contributed by atoms with Crippen LogP contribution in [0, 0.1) is 17.8 Å². The average molecular weight is 404 g/mol. The van der Waals surface area contributed by atoms with Crippen molar-refractivity contribution < 1.29 is 9.84 Å². The van der Waals surface area contributed by atoms with E-state index in [9.17, 15) is 5.11 Å². The molecule has 1 N–H and O–H groups in total. The molecule has 2 aromatic rings. The molecule has 0 spiro atoms. The molecule has 5 heteroatoms. The van der Waals surface area contributed by atoms with Crippen LogP contribution in [0.4, 0.5) is 5.82 Å². The molecule has 2 aliphatic rings. The lowest BCUT2D eigenvalue weighted by atomic mass is 10.0. The van der Waals surface area contributed by atoms with Crippen molar-refractivity contribution in [1.82, 2.24) is 9.88 Å². The molecule has 4 rings (SSSR count). The highest BCUT2D eigenvalue weighted by Crippen LogP contribution is 2.23. The number of methoxy groups -OCH3 is 1. The first-order chi connectivity index (χ1) is 14.6. The fourth-order valence-corrected chi connectivity index (χ4v) is 4.02. The number of benzene rings is 1. The van der Waals surface area contributed by atoms with Gasteiger partial charge in [0.25, 0.3) is 0 Å². The van der Waals surface area contributed by atoms with E-state index in [1.807, 2.05) is 24.3 Å². The van der Waals surface area contributed by atoms with Gasteiger partial charge < -0.3 is 19.6 Å². The summed E-state index contributed by atoms with van der Waals surface area (Å²) < 4.78 is 5.39. The molecule has 5 nitrogen and oxygen atoms in total. The predicted molar refractivity (Wildman–Crippen MR) is 120 cm³/mol. The highest BCUT2D eigenvalue weighted by Gasteiger charge is 2.32. The molecule has 1 saturated heterocycles. The van der Waals surface area contributed by atoms with Crippen LogP contribution < -0.4 is 4.90 Å². The Bertz CT molecular complexity index is 948. The van der Waals surface area contributed by atoms with Crippen LogP contribution in [0.3, 0.4) is 0 Å². The number of ether oxygens (including phenoxy) is 1. The molecule has 3 heterocycles. The highest BCUT2D eigenvalue weighted by atomic mass is 16.5. The molecule has 156 valence electrons. The third-order valence-corrected chi connectivity index (χ3v) is 5.72. The minimum absolute atomic E-state index is 0.182. The van der Waals surface area contributed by atoms with E-state index in [0.29, 0.717) is 13.1 Å². The number of aromatic nitrogens is 1. The molecule has 1 aromatic heterocycles. The molecule has 30 heavy (non-hydrogen) atoms. The van der Waals surface area contributed by atoms with Gasteiger partial charge in [-0.2, -0.15) is 0 Å². The van der Waals surface area contributed by atoms with Gasteiger partial charge in [-0.1, -0.05) is 54.3 Å². The number of aliphatic hydroxyl groups is 1. The smallest absolute Gasteiger partial charge is 0.129 e. The maximum absolute atomic E-state index is 10.2. The number of hydrogen-bond donors (Lipinski definition) is 1. The van der Waals surface area contributed by atoms with Gasteiger partial charge in [0, 0.05) is 45.3 Å². The van der Waals surface area contributed by atoms with E-state index < -0.39 is 6.10 Å².